The molecular weight excluding hydrogens is 244 g/mol. The van der Waals surface area contributed by atoms with Crippen LogP contribution in [0.4, 0.5) is 0 Å². The van der Waals surface area contributed by atoms with Crippen molar-refractivity contribution in [3.05, 3.63) is 0 Å². The Hall–Kier alpha value is -0.0500. The molecule has 0 unspecified atom stereocenters. The third-order valence-corrected chi connectivity index (χ3v) is 2.60. The van der Waals surface area contributed by atoms with E-state index in [1.807, 2.05) is 27.7 Å². The number of carbonyl (C=O) groups excluding carboxylic acids is 1. The fourth-order valence-corrected chi connectivity index (χ4v) is 1.33. The zero-order chi connectivity index (χ0) is 11.2. The first-order valence-corrected chi connectivity index (χ1v) is 6.25. The fourth-order valence-electron chi connectivity index (χ4n) is 1.05. The van der Waals surface area contributed by atoms with Gasteiger partial charge in [0.05, 0.1) is 12.0 Å². The third-order valence-electron chi connectivity index (χ3n) is 2.04. The Bertz CT molecular complexity index is 176. The van der Waals surface area contributed by atoms with E-state index in [0.717, 1.165) is 18.2 Å². The smallest absolute Gasteiger partial charge is 0.311 e. The van der Waals surface area contributed by atoms with Crippen molar-refractivity contribution in [3.8, 4) is 0 Å². The van der Waals surface area contributed by atoms with Crippen LogP contribution in [0.3, 0.4) is 0 Å². The van der Waals surface area contributed by atoms with Gasteiger partial charge in [-0.15, -0.1) is 0 Å². The largest absolute Gasteiger partial charge is 0.465 e. The van der Waals surface area contributed by atoms with Gasteiger partial charge < -0.3 is 4.74 Å². The van der Waals surface area contributed by atoms with Crippen LogP contribution in [0, 0.1) is 11.3 Å². The van der Waals surface area contributed by atoms with Crippen LogP contribution < -0.4 is 0 Å². The highest BCUT2D eigenvalue weighted by atomic mass is 79.9. The number of rotatable bonds is 6. The van der Waals surface area contributed by atoms with Crippen LogP contribution in [-0.2, 0) is 9.53 Å². The fraction of sp³-hybridized carbons (Fsp3) is 0.909. The lowest BCUT2D eigenvalue weighted by molar-refractivity contribution is -0.155. The number of carbonyl (C=O) groups is 1. The molecule has 0 bridgehead atoms. The minimum Gasteiger partial charge on any atom is -0.465 e. The molecule has 14 heavy (non-hydrogen) atoms. The van der Waals surface area contributed by atoms with Crippen molar-refractivity contribution in [1.29, 1.82) is 0 Å². The Morgan fingerprint density at radius 3 is 2.43 bits per heavy atom. The summed E-state index contributed by atoms with van der Waals surface area (Å²) < 4.78 is 5.21. The van der Waals surface area contributed by atoms with Crippen molar-refractivity contribution in [2.75, 3.05) is 11.9 Å². The molecule has 0 N–H and O–H groups in total. The molecular formula is C11H21BrO2. The minimum atomic E-state index is -0.345. The van der Waals surface area contributed by atoms with Gasteiger partial charge in [-0.2, -0.15) is 0 Å². The maximum absolute atomic E-state index is 11.6. The van der Waals surface area contributed by atoms with Gasteiger partial charge >= 0.3 is 5.97 Å². The summed E-state index contributed by atoms with van der Waals surface area (Å²) in [5, 5.41) is 0.938. The van der Waals surface area contributed by atoms with Crippen LogP contribution in [0.1, 0.15) is 40.5 Å². The molecule has 0 saturated carbocycles. The van der Waals surface area contributed by atoms with Crippen molar-refractivity contribution < 1.29 is 9.53 Å². The van der Waals surface area contributed by atoms with E-state index in [4.69, 9.17) is 4.74 Å². The van der Waals surface area contributed by atoms with E-state index < -0.39 is 0 Å². The molecule has 3 heteroatoms. The maximum atomic E-state index is 11.6. The van der Waals surface area contributed by atoms with Crippen LogP contribution in [0.5, 0.6) is 0 Å². The third kappa shape index (κ3) is 5.63. The predicted molar refractivity (Wildman–Crippen MR) is 62.6 cm³/mol. The average Bonchev–Trinajstić information content (AvgIpc) is 2.10. The number of hydrogen-bond donors (Lipinski definition) is 0. The summed E-state index contributed by atoms with van der Waals surface area (Å²) in [6.07, 6.45) is 1.87. The highest BCUT2D eigenvalue weighted by molar-refractivity contribution is 9.09. The summed E-state index contributed by atoms with van der Waals surface area (Å²) in [6.45, 7) is 8.49. The van der Waals surface area contributed by atoms with Crippen LogP contribution >= 0.6 is 15.9 Å². The average molecular weight is 265 g/mol. The Balaban J connectivity index is 3.94. The molecule has 0 aromatic rings. The lowest BCUT2D eigenvalue weighted by Gasteiger charge is -2.22. The molecule has 0 aromatic heterocycles. The van der Waals surface area contributed by atoms with Gasteiger partial charge in [-0.1, -0.05) is 29.8 Å². The van der Waals surface area contributed by atoms with Crippen LogP contribution in [-0.4, -0.2) is 17.9 Å². The van der Waals surface area contributed by atoms with E-state index >= 15 is 0 Å². The normalized spacial score (nSPS) is 11.9. The number of ether oxygens (including phenoxy) is 1. The first kappa shape index (κ1) is 13.9. The standard InChI is InChI=1S/C11H21BrO2/c1-9(2)8-14-10(13)11(3,4)6-5-7-12/h9H,5-8H2,1-4H3. The predicted octanol–water partition coefficient (Wildman–Crippen LogP) is 3.39. The summed E-state index contributed by atoms with van der Waals surface area (Å²) in [5.74, 6) is 0.332. The van der Waals surface area contributed by atoms with Gasteiger partial charge in [0.25, 0.3) is 0 Å². The van der Waals surface area contributed by atoms with Crippen LogP contribution in [0.15, 0.2) is 0 Å². The summed E-state index contributed by atoms with van der Waals surface area (Å²) in [5.41, 5.74) is -0.345. The molecule has 0 rings (SSSR count). The zero-order valence-corrected chi connectivity index (χ0v) is 11.2. The number of alkyl halides is 1. The molecule has 84 valence electrons. The Morgan fingerprint density at radius 2 is 2.00 bits per heavy atom. The first-order valence-electron chi connectivity index (χ1n) is 5.13. The van der Waals surface area contributed by atoms with Gasteiger partial charge in [0, 0.05) is 5.33 Å². The van der Waals surface area contributed by atoms with E-state index in [-0.39, 0.29) is 11.4 Å². The summed E-state index contributed by atoms with van der Waals surface area (Å²) in [6, 6.07) is 0. The maximum Gasteiger partial charge on any atom is 0.311 e. The van der Waals surface area contributed by atoms with E-state index in [2.05, 4.69) is 15.9 Å². The molecule has 0 aromatic carbocycles. The first-order chi connectivity index (χ1) is 6.40. The zero-order valence-electron chi connectivity index (χ0n) is 9.60. The second kappa shape index (κ2) is 6.44. The van der Waals surface area contributed by atoms with E-state index in [1.165, 1.54) is 0 Å². The number of esters is 1. The topological polar surface area (TPSA) is 26.3 Å². The van der Waals surface area contributed by atoms with E-state index in [9.17, 15) is 4.79 Å². The minimum absolute atomic E-state index is 0.0767. The number of halogens is 1. The van der Waals surface area contributed by atoms with Crippen molar-refractivity contribution in [2.24, 2.45) is 11.3 Å². The molecule has 0 aliphatic carbocycles. The van der Waals surface area contributed by atoms with Crippen LogP contribution in [0.2, 0.25) is 0 Å². The van der Waals surface area contributed by atoms with Crippen molar-refractivity contribution in [2.45, 2.75) is 40.5 Å². The molecule has 0 atom stereocenters. The quantitative estimate of drug-likeness (QED) is 0.543. The molecule has 0 aliphatic heterocycles. The van der Waals surface area contributed by atoms with Crippen molar-refractivity contribution in [1.82, 2.24) is 0 Å². The summed E-state index contributed by atoms with van der Waals surface area (Å²) >= 11 is 3.36. The Morgan fingerprint density at radius 1 is 1.43 bits per heavy atom. The second-order valence-corrected chi connectivity index (χ2v) is 5.46. The highest BCUT2D eigenvalue weighted by Gasteiger charge is 2.28. The highest BCUT2D eigenvalue weighted by Crippen LogP contribution is 2.24. The van der Waals surface area contributed by atoms with E-state index in [1.54, 1.807) is 0 Å². The van der Waals surface area contributed by atoms with Gasteiger partial charge in [0.2, 0.25) is 0 Å². The Kier molecular flexibility index (Phi) is 6.41. The summed E-state index contributed by atoms with van der Waals surface area (Å²) in [7, 11) is 0. The molecule has 0 heterocycles. The lowest BCUT2D eigenvalue weighted by Crippen LogP contribution is -2.27. The second-order valence-electron chi connectivity index (χ2n) is 4.67. The molecule has 0 radical (unpaired) electrons. The van der Waals surface area contributed by atoms with Gasteiger partial charge in [0.1, 0.15) is 0 Å². The van der Waals surface area contributed by atoms with Gasteiger partial charge in [-0.05, 0) is 32.6 Å². The molecule has 0 amide bonds. The monoisotopic (exact) mass is 264 g/mol. The van der Waals surface area contributed by atoms with Gasteiger partial charge in [0.15, 0.2) is 0 Å². The van der Waals surface area contributed by atoms with Crippen molar-refractivity contribution in [3.63, 3.8) is 0 Å². The van der Waals surface area contributed by atoms with Gasteiger partial charge in [-0.25, -0.2) is 0 Å². The molecule has 0 saturated heterocycles. The van der Waals surface area contributed by atoms with Gasteiger partial charge in [-0.3, -0.25) is 4.79 Å². The Labute approximate surface area is 95.5 Å². The number of hydrogen-bond acceptors (Lipinski definition) is 2. The van der Waals surface area contributed by atoms with E-state index in [0.29, 0.717) is 12.5 Å². The molecule has 0 fully saturated rings. The SMILES string of the molecule is CC(C)COC(=O)C(C)(C)CCCBr. The van der Waals surface area contributed by atoms with Crippen LogP contribution in [0.25, 0.3) is 0 Å². The molecule has 0 aliphatic rings. The summed E-state index contributed by atoms with van der Waals surface area (Å²) in [4.78, 5) is 11.6. The molecule has 0 spiro atoms. The molecule has 2 nitrogen and oxygen atoms in total. The lowest BCUT2D eigenvalue weighted by atomic mass is 9.88. The van der Waals surface area contributed by atoms with Crippen molar-refractivity contribution >= 4 is 21.9 Å².